The fraction of sp³-hybridized carbons (Fsp3) is 0.611. The summed E-state index contributed by atoms with van der Waals surface area (Å²) in [4.78, 5) is 17.2. The van der Waals surface area contributed by atoms with Crippen LogP contribution in [0.2, 0.25) is 5.02 Å². The Bertz CT molecular complexity index is 570. The molecule has 0 N–H and O–H groups in total. The van der Waals surface area contributed by atoms with E-state index in [1.54, 1.807) is 0 Å². The van der Waals surface area contributed by atoms with Gasteiger partial charge in [0, 0.05) is 13.1 Å². The number of para-hydroxylation sites is 1. The monoisotopic (exact) mass is 318 g/mol. The molecule has 3 fully saturated rings. The van der Waals surface area contributed by atoms with Gasteiger partial charge in [0.2, 0.25) is 5.91 Å². The Morgan fingerprint density at radius 3 is 2.64 bits per heavy atom. The van der Waals surface area contributed by atoms with Crippen molar-refractivity contribution in [1.29, 1.82) is 0 Å². The first-order valence-electron chi connectivity index (χ1n) is 8.55. The molecule has 2 saturated heterocycles. The van der Waals surface area contributed by atoms with Gasteiger partial charge in [-0.3, -0.25) is 9.69 Å². The van der Waals surface area contributed by atoms with E-state index in [0.29, 0.717) is 11.1 Å². The first-order chi connectivity index (χ1) is 10.7. The molecule has 2 aliphatic heterocycles. The zero-order chi connectivity index (χ0) is 15.1. The van der Waals surface area contributed by atoms with E-state index >= 15 is 0 Å². The summed E-state index contributed by atoms with van der Waals surface area (Å²) >= 11 is 6.29. The summed E-state index contributed by atoms with van der Waals surface area (Å²) in [5, 5.41) is 0.683. The highest BCUT2D eigenvalue weighted by Crippen LogP contribution is 2.39. The van der Waals surface area contributed by atoms with Gasteiger partial charge in [0.25, 0.3) is 0 Å². The minimum atomic E-state index is 0.0863. The van der Waals surface area contributed by atoms with Crippen molar-refractivity contribution in [2.45, 2.75) is 50.6 Å². The lowest BCUT2D eigenvalue weighted by Crippen LogP contribution is -2.51. The predicted octanol–water partition coefficient (Wildman–Crippen LogP) is 3.71. The Morgan fingerprint density at radius 2 is 1.91 bits per heavy atom. The van der Waals surface area contributed by atoms with Crippen molar-refractivity contribution < 1.29 is 4.79 Å². The summed E-state index contributed by atoms with van der Waals surface area (Å²) in [7, 11) is 0. The Labute approximate surface area is 137 Å². The Balaban J connectivity index is 1.47. The molecule has 0 radical (unpaired) electrons. The number of carbonyl (C=O) groups is 1. The SMILES string of the molecule is O=C1[C@@H]2C[C@@H](CN2CC2CCCCC2)N1c1ccccc1Cl. The number of amides is 1. The number of nitrogens with zero attached hydrogens (tertiary/aromatic N) is 2. The highest BCUT2D eigenvalue weighted by molar-refractivity contribution is 6.34. The molecule has 0 unspecified atom stereocenters. The van der Waals surface area contributed by atoms with Crippen LogP contribution in [0.15, 0.2) is 24.3 Å². The maximum Gasteiger partial charge on any atom is 0.244 e. The van der Waals surface area contributed by atoms with Crippen LogP contribution in [0.4, 0.5) is 5.69 Å². The Kier molecular flexibility index (Phi) is 3.87. The summed E-state index contributed by atoms with van der Waals surface area (Å²) in [6.45, 7) is 2.13. The number of hydrogen-bond donors (Lipinski definition) is 0. The van der Waals surface area contributed by atoms with Gasteiger partial charge in [0.05, 0.1) is 22.8 Å². The van der Waals surface area contributed by atoms with Gasteiger partial charge in [0.15, 0.2) is 0 Å². The van der Waals surface area contributed by atoms with Gasteiger partial charge in [-0.1, -0.05) is 43.0 Å². The van der Waals surface area contributed by atoms with Crippen molar-refractivity contribution in [2.75, 3.05) is 18.0 Å². The van der Waals surface area contributed by atoms with E-state index in [-0.39, 0.29) is 11.9 Å². The van der Waals surface area contributed by atoms with Crippen LogP contribution < -0.4 is 4.90 Å². The normalized spacial score (nSPS) is 29.5. The minimum Gasteiger partial charge on any atom is -0.305 e. The molecule has 1 aliphatic carbocycles. The summed E-state index contributed by atoms with van der Waals surface area (Å²) in [5.41, 5.74) is 0.888. The maximum atomic E-state index is 12.8. The number of piperazine rings is 1. The molecule has 0 spiro atoms. The minimum absolute atomic E-state index is 0.0863. The Hall–Kier alpha value is -1.06. The van der Waals surface area contributed by atoms with Crippen LogP contribution in [0.25, 0.3) is 0 Å². The number of fused-ring (bicyclic) bond motifs is 2. The molecule has 2 bridgehead atoms. The van der Waals surface area contributed by atoms with Crippen LogP contribution in [-0.4, -0.2) is 36.0 Å². The third-order valence-corrected chi connectivity index (χ3v) is 5.92. The number of halogens is 1. The zero-order valence-corrected chi connectivity index (χ0v) is 13.6. The first kappa shape index (κ1) is 14.5. The Morgan fingerprint density at radius 1 is 1.14 bits per heavy atom. The first-order valence-corrected chi connectivity index (χ1v) is 8.93. The summed E-state index contributed by atoms with van der Waals surface area (Å²) in [6, 6.07) is 8.10. The number of anilines is 1. The average Bonchev–Trinajstić information content (AvgIpc) is 3.07. The molecular weight excluding hydrogens is 296 g/mol. The lowest BCUT2D eigenvalue weighted by atomic mass is 9.89. The van der Waals surface area contributed by atoms with Crippen molar-refractivity contribution in [3.8, 4) is 0 Å². The van der Waals surface area contributed by atoms with E-state index < -0.39 is 0 Å². The molecule has 1 amide bonds. The van der Waals surface area contributed by atoms with Crippen molar-refractivity contribution in [1.82, 2.24) is 4.90 Å². The molecule has 3 nitrogen and oxygen atoms in total. The van der Waals surface area contributed by atoms with E-state index in [1.807, 2.05) is 29.2 Å². The van der Waals surface area contributed by atoms with E-state index in [4.69, 9.17) is 11.6 Å². The van der Waals surface area contributed by atoms with E-state index in [2.05, 4.69) is 4.90 Å². The number of benzene rings is 1. The summed E-state index contributed by atoms with van der Waals surface area (Å²) in [5.74, 6) is 1.05. The van der Waals surface area contributed by atoms with Gasteiger partial charge in [0.1, 0.15) is 0 Å². The van der Waals surface area contributed by atoms with Gasteiger partial charge in [-0.05, 0) is 37.3 Å². The van der Waals surface area contributed by atoms with Gasteiger partial charge in [-0.2, -0.15) is 0 Å². The zero-order valence-electron chi connectivity index (χ0n) is 12.9. The largest absolute Gasteiger partial charge is 0.305 e. The molecule has 2 heterocycles. The van der Waals surface area contributed by atoms with E-state index in [9.17, 15) is 4.79 Å². The number of carbonyl (C=O) groups excluding carboxylic acids is 1. The fourth-order valence-electron chi connectivity index (χ4n) is 4.53. The van der Waals surface area contributed by atoms with Gasteiger partial charge >= 0.3 is 0 Å². The standard InChI is InChI=1S/C18H23ClN2O/c19-15-8-4-5-9-16(15)21-14-10-17(18(21)22)20(12-14)11-13-6-2-1-3-7-13/h4-5,8-9,13-14,17H,1-3,6-7,10-12H2/t14-,17-/m0/s1. The molecule has 4 rings (SSSR count). The third kappa shape index (κ3) is 2.44. The fourth-order valence-corrected chi connectivity index (χ4v) is 4.76. The lowest BCUT2D eigenvalue weighted by molar-refractivity contribution is -0.122. The second kappa shape index (κ2) is 5.86. The molecule has 2 atom stereocenters. The van der Waals surface area contributed by atoms with E-state index in [1.165, 1.54) is 32.1 Å². The van der Waals surface area contributed by atoms with Crippen molar-refractivity contribution in [2.24, 2.45) is 5.92 Å². The van der Waals surface area contributed by atoms with Crippen LogP contribution in [0.3, 0.4) is 0 Å². The molecule has 1 aromatic rings. The second-order valence-electron chi connectivity index (χ2n) is 7.02. The van der Waals surface area contributed by atoms with Gasteiger partial charge in [-0.25, -0.2) is 0 Å². The molecule has 4 heteroatoms. The van der Waals surface area contributed by atoms with Gasteiger partial charge < -0.3 is 4.90 Å². The van der Waals surface area contributed by atoms with Gasteiger partial charge in [-0.15, -0.1) is 0 Å². The molecule has 0 aromatic heterocycles. The molecule has 22 heavy (non-hydrogen) atoms. The smallest absolute Gasteiger partial charge is 0.244 e. The molecule has 1 aromatic carbocycles. The lowest BCUT2D eigenvalue weighted by Gasteiger charge is -2.36. The molecular formula is C18H23ClN2O. The number of likely N-dealkylation sites (tertiary alicyclic amines) is 1. The van der Waals surface area contributed by atoms with Crippen LogP contribution >= 0.6 is 11.6 Å². The third-order valence-electron chi connectivity index (χ3n) is 5.60. The summed E-state index contributed by atoms with van der Waals surface area (Å²) < 4.78 is 0. The number of hydrogen-bond acceptors (Lipinski definition) is 2. The maximum absolute atomic E-state index is 12.8. The quantitative estimate of drug-likeness (QED) is 0.848. The predicted molar refractivity (Wildman–Crippen MR) is 89.3 cm³/mol. The topological polar surface area (TPSA) is 23.6 Å². The summed E-state index contributed by atoms with van der Waals surface area (Å²) in [6.07, 6.45) is 7.78. The number of rotatable bonds is 3. The van der Waals surface area contributed by atoms with E-state index in [0.717, 1.165) is 31.1 Å². The highest BCUT2D eigenvalue weighted by atomic mass is 35.5. The van der Waals surface area contributed by atoms with Crippen LogP contribution in [0.1, 0.15) is 38.5 Å². The van der Waals surface area contributed by atoms with Crippen molar-refractivity contribution in [3.05, 3.63) is 29.3 Å². The van der Waals surface area contributed by atoms with Crippen molar-refractivity contribution >= 4 is 23.2 Å². The van der Waals surface area contributed by atoms with Crippen LogP contribution in [-0.2, 0) is 4.79 Å². The molecule has 1 saturated carbocycles. The molecule has 3 aliphatic rings. The van der Waals surface area contributed by atoms with Crippen molar-refractivity contribution in [3.63, 3.8) is 0 Å². The second-order valence-corrected chi connectivity index (χ2v) is 7.43. The highest BCUT2D eigenvalue weighted by Gasteiger charge is 2.50. The van der Waals surface area contributed by atoms with Crippen LogP contribution in [0.5, 0.6) is 0 Å². The molecule has 118 valence electrons. The average molecular weight is 319 g/mol. The van der Waals surface area contributed by atoms with Crippen LogP contribution in [0, 0.1) is 5.92 Å².